The number of hydrogen-bond acceptors (Lipinski definition) is 5. The number of carbonyl (C=O) groups excluding carboxylic acids is 1. The van der Waals surface area contributed by atoms with Gasteiger partial charge in [-0.15, -0.1) is 0 Å². The van der Waals surface area contributed by atoms with Gasteiger partial charge in [-0.25, -0.2) is 4.79 Å². The highest BCUT2D eigenvalue weighted by Crippen LogP contribution is 2.52. The Bertz CT molecular complexity index is 1510. The number of rotatable bonds is 6. The lowest BCUT2D eigenvalue weighted by Gasteiger charge is -2.13. The van der Waals surface area contributed by atoms with Crippen molar-refractivity contribution in [3.8, 4) is 11.3 Å². The van der Waals surface area contributed by atoms with Crippen LogP contribution in [0.2, 0.25) is 10.0 Å². The number of halogens is 2. The van der Waals surface area contributed by atoms with Gasteiger partial charge in [0.1, 0.15) is 16.9 Å². The van der Waals surface area contributed by atoms with Crippen LogP contribution >= 0.6 is 23.2 Å². The lowest BCUT2D eigenvalue weighted by atomic mass is 9.98. The second kappa shape index (κ2) is 8.68. The molecule has 0 radical (unpaired) electrons. The first kappa shape index (κ1) is 23.4. The van der Waals surface area contributed by atoms with E-state index in [9.17, 15) is 9.59 Å². The lowest BCUT2D eigenvalue weighted by molar-refractivity contribution is -0.131. The Hall–Kier alpha value is -3.39. The molecule has 0 saturated heterocycles. The fourth-order valence-corrected chi connectivity index (χ4v) is 5.09. The number of aromatic nitrogens is 2. The van der Waals surface area contributed by atoms with E-state index in [0.29, 0.717) is 51.0 Å². The van der Waals surface area contributed by atoms with Crippen LogP contribution in [0.25, 0.3) is 28.2 Å². The largest absolute Gasteiger partial charge is 0.478 e. The van der Waals surface area contributed by atoms with Crippen molar-refractivity contribution in [1.29, 1.82) is 0 Å². The van der Waals surface area contributed by atoms with Crippen molar-refractivity contribution in [3.05, 3.63) is 81.2 Å². The normalized spacial score (nSPS) is 14.6. The molecule has 0 bridgehead atoms. The van der Waals surface area contributed by atoms with Gasteiger partial charge in [0, 0.05) is 35.4 Å². The summed E-state index contributed by atoms with van der Waals surface area (Å²) in [4.78, 5) is 25.1. The molecule has 2 heterocycles. The minimum atomic E-state index is -1.05. The maximum absolute atomic E-state index is 14.1. The Labute approximate surface area is 210 Å². The van der Waals surface area contributed by atoms with Crippen molar-refractivity contribution in [1.82, 2.24) is 9.72 Å². The summed E-state index contributed by atoms with van der Waals surface area (Å²) < 4.78 is 13.0. The summed E-state index contributed by atoms with van der Waals surface area (Å²) in [5.74, 6) is -1.06. The number of ether oxygens (including phenoxy) is 1. The lowest BCUT2D eigenvalue weighted by Crippen LogP contribution is -2.18. The van der Waals surface area contributed by atoms with E-state index in [4.69, 9.17) is 37.6 Å². The van der Waals surface area contributed by atoms with E-state index in [1.54, 1.807) is 49.7 Å². The first-order valence-electron chi connectivity index (χ1n) is 10.8. The highest BCUT2D eigenvalue weighted by molar-refractivity contribution is 6.36. The monoisotopic (exact) mass is 510 g/mol. The zero-order valence-corrected chi connectivity index (χ0v) is 20.4. The molecule has 35 heavy (non-hydrogen) atoms. The number of aliphatic carboxylic acids is 1. The van der Waals surface area contributed by atoms with Crippen LogP contribution in [0.3, 0.4) is 0 Å². The Kier molecular flexibility index (Phi) is 5.79. The molecular weight excluding hydrogens is 491 g/mol. The van der Waals surface area contributed by atoms with Crippen LogP contribution < -0.4 is 0 Å². The molecule has 1 N–H and O–H groups in total. The van der Waals surface area contributed by atoms with E-state index in [2.05, 4.69) is 5.16 Å². The Morgan fingerprint density at radius 1 is 1.23 bits per heavy atom. The highest BCUT2D eigenvalue weighted by atomic mass is 35.5. The summed E-state index contributed by atoms with van der Waals surface area (Å²) in [6.45, 7) is 1.84. The van der Waals surface area contributed by atoms with Crippen LogP contribution in [0, 0.1) is 6.92 Å². The number of methoxy groups -OCH3 is 1. The molecule has 4 aromatic rings. The molecule has 178 valence electrons. The fraction of sp³-hybridized carbons (Fsp3) is 0.192. The van der Waals surface area contributed by atoms with Gasteiger partial charge < -0.3 is 14.4 Å². The van der Waals surface area contributed by atoms with Gasteiger partial charge in [0.15, 0.2) is 5.76 Å². The number of carboxylic acids is 1. The molecule has 2 aromatic heterocycles. The van der Waals surface area contributed by atoms with E-state index in [-0.39, 0.29) is 11.5 Å². The van der Waals surface area contributed by atoms with Crippen LogP contribution in [-0.4, -0.2) is 33.8 Å². The van der Waals surface area contributed by atoms with E-state index >= 15 is 0 Å². The summed E-state index contributed by atoms with van der Waals surface area (Å²) >= 11 is 12.7. The Morgan fingerprint density at radius 3 is 2.66 bits per heavy atom. The summed E-state index contributed by atoms with van der Waals surface area (Å²) in [7, 11) is 1.58. The maximum atomic E-state index is 14.1. The predicted octanol–water partition coefficient (Wildman–Crippen LogP) is 6.33. The first-order chi connectivity index (χ1) is 16.8. The van der Waals surface area contributed by atoms with E-state index in [0.717, 1.165) is 17.0 Å². The molecule has 1 fully saturated rings. The molecule has 0 atom stereocenters. The number of carboxylic acid groups (broad SMARTS) is 1. The topological polar surface area (TPSA) is 94.6 Å². The van der Waals surface area contributed by atoms with Crippen LogP contribution in [-0.2, 0) is 15.1 Å². The third kappa shape index (κ3) is 3.95. The smallest absolute Gasteiger partial charge is 0.328 e. The number of fused-ring (bicyclic) bond motifs is 1. The minimum Gasteiger partial charge on any atom is -0.478 e. The van der Waals surface area contributed by atoms with Crippen molar-refractivity contribution < 1.29 is 24.0 Å². The molecule has 1 saturated carbocycles. The molecule has 0 spiro atoms. The molecule has 2 aromatic carbocycles. The first-order valence-corrected chi connectivity index (χ1v) is 11.6. The van der Waals surface area contributed by atoms with Gasteiger partial charge in [-0.05, 0) is 61.2 Å². The molecule has 1 aliphatic carbocycles. The average molecular weight is 511 g/mol. The zero-order valence-electron chi connectivity index (χ0n) is 18.8. The number of hydrogen-bond donors (Lipinski definition) is 1. The molecular formula is C26H20Cl2N2O5. The predicted molar refractivity (Wildman–Crippen MR) is 133 cm³/mol. The number of nitrogens with zero attached hydrogens (tertiary/aromatic N) is 2. The van der Waals surface area contributed by atoms with E-state index in [1.807, 2.05) is 6.92 Å². The quantitative estimate of drug-likeness (QED) is 0.304. The van der Waals surface area contributed by atoms with Crippen LogP contribution in [0.5, 0.6) is 0 Å². The van der Waals surface area contributed by atoms with Crippen molar-refractivity contribution >= 4 is 52.1 Å². The molecule has 1 aliphatic rings. The van der Waals surface area contributed by atoms with Gasteiger partial charge in [0.2, 0.25) is 0 Å². The van der Waals surface area contributed by atoms with E-state index < -0.39 is 11.6 Å². The summed E-state index contributed by atoms with van der Waals surface area (Å²) in [5.41, 5.74) is 2.45. The Morgan fingerprint density at radius 2 is 2.00 bits per heavy atom. The fourth-order valence-electron chi connectivity index (χ4n) is 4.41. The third-order valence-electron chi connectivity index (χ3n) is 6.29. The van der Waals surface area contributed by atoms with Gasteiger partial charge in [0.25, 0.3) is 5.91 Å². The number of aryl methyl sites for hydroxylation is 1. The van der Waals surface area contributed by atoms with Gasteiger partial charge in [-0.2, -0.15) is 0 Å². The second-order valence-electron chi connectivity index (χ2n) is 8.46. The summed E-state index contributed by atoms with van der Waals surface area (Å²) in [6, 6.07) is 10.5. The van der Waals surface area contributed by atoms with Crippen molar-refractivity contribution in [3.63, 3.8) is 0 Å². The summed E-state index contributed by atoms with van der Waals surface area (Å²) in [6.07, 6.45) is 5.60. The van der Waals surface area contributed by atoms with Crippen LogP contribution in [0.4, 0.5) is 0 Å². The highest BCUT2D eigenvalue weighted by Gasteiger charge is 2.52. The summed E-state index contributed by atoms with van der Waals surface area (Å²) in [5, 5.41) is 14.8. The average Bonchev–Trinajstić information content (AvgIpc) is 3.28. The van der Waals surface area contributed by atoms with Gasteiger partial charge in [0.05, 0.1) is 10.5 Å². The van der Waals surface area contributed by atoms with Crippen LogP contribution in [0.1, 0.15) is 40.1 Å². The standard InChI is InChI=1S/C26H20Cl2N2O5/c1-14-12-16(27)13-18(28)21(14)23-22(24(35-29-23)26(34-2)9-10-26)25(33)30-11-8-17-15(6-7-20(31)32)4-3-5-19(17)30/h3-8,11-13H,9-10H2,1-2H3,(H,31,32)/b7-6+. The van der Waals surface area contributed by atoms with Gasteiger partial charge in [-0.1, -0.05) is 40.5 Å². The molecule has 7 nitrogen and oxygen atoms in total. The van der Waals surface area contributed by atoms with E-state index in [1.165, 1.54) is 10.6 Å². The van der Waals surface area contributed by atoms with Crippen molar-refractivity contribution in [2.75, 3.05) is 7.11 Å². The minimum absolute atomic E-state index is 0.264. The number of carbonyl (C=O) groups is 2. The van der Waals surface area contributed by atoms with Crippen molar-refractivity contribution in [2.45, 2.75) is 25.4 Å². The van der Waals surface area contributed by atoms with Gasteiger partial charge in [-0.3, -0.25) is 9.36 Å². The SMILES string of the molecule is COC1(c2onc(-c3c(C)cc(Cl)cc3Cl)c2C(=O)n2ccc3c(/C=C/C(=O)O)cccc32)CC1. The number of benzene rings is 2. The molecule has 0 unspecified atom stereocenters. The second-order valence-corrected chi connectivity index (χ2v) is 9.30. The molecule has 5 rings (SSSR count). The van der Waals surface area contributed by atoms with Crippen molar-refractivity contribution in [2.24, 2.45) is 0 Å². The molecule has 0 aliphatic heterocycles. The maximum Gasteiger partial charge on any atom is 0.328 e. The van der Waals surface area contributed by atoms with Crippen LogP contribution in [0.15, 0.2) is 53.2 Å². The molecule has 9 heteroatoms. The molecule has 0 amide bonds. The zero-order chi connectivity index (χ0) is 24.9. The third-order valence-corrected chi connectivity index (χ3v) is 6.81. The van der Waals surface area contributed by atoms with Gasteiger partial charge >= 0.3 is 5.97 Å². The Balaban J connectivity index is 1.71.